The van der Waals surface area contributed by atoms with Gasteiger partial charge in [-0.15, -0.1) is 0 Å². The third-order valence-corrected chi connectivity index (χ3v) is 4.48. The van der Waals surface area contributed by atoms with Crippen molar-refractivity contribution in [3.8, 4) is 0 Å². The lowest BCUT2D eigenvalue weighted by Gasteiger charge is -2.10. The van der Waals surface area contributed by atoms with Gasteiger partial charge in [-0.05, 0) is 36.8 Å². The number of anilines is 2. The number of nitrogens with one attached hydrogen (secondary N) is 3. The largest absolute Gasteiger partial charge is 0.469 e. The molecule has 0 aliphatic heterocycles. The molecule has 1 aromatic heterocycles. The zero-order chi connectivity index (χ0) is 22.2. The summed E-state index contributed by atoms with van der Waals surface area (Å²) < 4.78 is 19.2. The molecule has 1 heterocycles. The Bertz CT molecular complexity index is 1080. The van der Waals surface area contributed by atoms with Crippen molar-refractivity contribution in [3.05, 3.63) is 83.6 Å². The fourth-order valence-corrected chi connectivity index (χ4v) is 2.89. The topological polar surface area (TPSA) is 100 Å². The summed E-state index contributed by atoms with van der Waals surface area (Å²) in [5.41, 5.74) is 1.43. The highest BCUT2D eigenvalue weighted by Gasteiger charge is 2.14. The lowest BCUT2D eigenvalue weighted by molar-refractivity contribution is -0.120. The molecule has 3 aromatic rings. The smallest absolute Gasteiger partial charge is 0.259 e. The molecule has 3 rings (SSSR count). The van der Waals surface area contributed by atoms with Crippen LogP contribution in [0.15, 0.2) is 65.3 Å². The summed E-state index contributed by atoms with van der Waals surface area (Å²) in [6, 6.07) is 14.6. The third-order valence-electron chi connectivity index (χ3n) is 4.48. The maximum atomic E-state index is 14.1. The van der Waals surface area contributed by atoms with Crippen LogP contribution in [-0.2, 0) is 16.0 Å². The summed E-state index contributed by atoms with van der Waals surface area (Å²) >= 11 is 0. The van der Waals surface area contributed by atoms with E-state index in [2.05, 4.69) is 16.0 Å². The summed E-state index contributed by atoms with van der Waals surface area (Å²) in [4.78, 5) is 36.3. The number of carbonyl (C=O) groups is 3. The van der Waals surface area contributed by atoms with E-state index in [0.717, 1.165) is 11.6 Å². The lowest BCUT2D eigenvalue weighted by Crippen LogP contribution is -2.28. The highest BCUT2D eigenvalue weighted by molar-refractivity contribution is 6.05. The van der Waals surface area contributed by atoms with E-state index in [4.69, 9.17) is 4.42 Å². The van der Waals surface area contributed by atoms with Gasteiger partial charge in [0.15, 0.2) is 0 Å². The van der Waals surface area contributed by atoms with Crippen molar-refractivity contribution in [2.45, 2.75) is 19.8 Å². The molecule has 31 heavy (non-hydrogen) atoms. The Morgan fingerprint density at radius 1 is 0.968 bits per heavy atom. The molecule has 3 amide bonds. The number of hydrogen-bond acceptors (Lipinski definition) is 4. The third kappa shape index (κ3) is 6.27. The Labute approximate surface area is 178 Å². The first kappa shape index (κ1) is 21.8. The molecule has 0 unspecified atom stereocenters. The summed E-state index contributed by atoms with van der Waals surface area (Å²) in [7, 11) is 0. The van der Waals surface area contributed by atoms with Crippen LogP contribution in [0.5, 0.6) is 0 Å². The van der Waals surface area contributed by atoms with Gasteiger partial charge in [-0.2, -0.15) is 0 Å². The number of benzene rings is 2. The number of carbonyl (C=O) groups excluding carboxylic acids is 3. The summed E-state index contributed by atoms with van der Waals surface area (Å²) in [5.74, 6) is -1.28. The van der Waals surface area contributed by atoms with Crippen LogP contribution in [0.1, 0.15) is 28.1 Å². The molecular formula is C23H22FN3O4. The second-order valence-electron chi connectivity index (χ2n) is 6.85. The van der Waals surface area contributed by atoms with Crippen LogP contribution in [-0.4, -0.2) is 24.3 Å². The van der Waals surface area contributed by atoms with Gasteiger partial charge in [0.1, 0.15) is 11.6 Å². The summed E-state index contributed by atoms with van der Waals surface area (Å²) in [6.45, 7) is 1.79. The summed E-state index contributed by atoms with van der Waals surface area (Å²) in [5, 5.41) is 7.78. The van der Waals surface area contributed by atoms with E-state index in [-0.39, 0.29) is 36.9 Å². The minimum atomic E-state index is -0.638. The Kier molecular flexibility index (Phi) is 7.16. The molecule has 0 radical (unpaired) electrons. The molecule has 0 aliphatic carbocycles. The standard InChI is InChI=1S/C23H22FN3O4/c1-15-18(10-12-31-15)23(30)27-20-14-17(7-8-19(20)24)26-21(28)9-11-25-22(29)13-16-5-3-2-4-6-16/h2-8,10,12,14H,9,11,13H2,1H3,(H,25,29)(H,26,28)(H,27,30). The molecule has 0 aliphatic rings. The Balaban J connectivity index is 1.49. The fourth-order valence-electron chi connectivity index (χ4n) is 2.89. The van der Waals surface area contributed by atoms with Gasteiger partial charge < -0.3 is 20.4 Å². The predicted molar refractivity (Wildman–Crippen MR) is 114 cm³/mol. The normalized spacial score (nSPS) is 10.4. The van der Waals surface area contributed by atoms with Gasteiger partial charge in [-0.25, -0.2) is 4.39 Å². The van der Waals surface area contributed by atoms with Crippen LogP contribution < -0.4 is 16.0 Å². The first-order valence-electron chi connectivity index (χ1n) is 9.68. The number of halogens is 1. The van der Waals surface area contributed by atoms with E-state index in [9.17, 15) is 18.8 Å². The molecule has 160 valence electrons. The van der Waals surface area contributed by atoms with Crippen LogP contribution in [0.4, 0.5) is 15.8 Å². The number of aryl methyl sites for hydroxylation is 1. The number of furan rings is 1. The molecule has 0 saturated carbocycles. The van der Waals surface area contributed by atoms with Crippen LogP contribution in [0.25, 0.3) is 0 Å². The zero-order valence-corrected chi connectivity index (χ0v) is 16.9. The fraction of sp³-hybridized carbons (Fsp3) is 0.174. The average molecular weight is 423 g/mol. The van der Waals surface area contributed by atoms with Crippen LogP contribution in [0.3, 0.4) is 0 Å². The van der Waals surface area contributed by atoms with Gasteiger partial charge >= 0.3 is 0 Å². The Morgan fingerprint density at radius 2 is 1.74 bits per heavy atom. The molecule has 0 saturated heterocycles. The van der Waals surface area contributed by atoms with Crippen LogP contribution in [0, 0.1) is 12.7 Å². The van der Waals surface area contributed by atoms with Crippen molar-refractivity contribution in [2.75, 3.05) is 17.2 Å². The van der Waals surface area contributed by atoms with Crippen molar-refractivity contribution < 1.29 is 23.2 Å². The minimum absolute atomic E-state index is 0.0494. The Morgan fingerprint density at radius 3 is 2.45 bits per heavy atom. The van der Waals surface area contributed by atoms with Crippen molar-refractivity contribution in [1.82, 2.24) is 5.32 Å². The van der Waals surface area contributed by atoms with E-state index in [0.29, 0.717) is 17.0 Å². The van der Waals surface area contributed by atoms with Gasteiger partial charge in [-0.1, -0.05) is 30.3 Å². The number of rotatable bonds is 8. The molecule has 7 nitrogen and oxygen atoms in total. The maximum absolute atomic E-state index is 14.1. The van der Waals surface area contributed by atoms with E-state index in [1.165, 1.54) is 24.5 Å². The zero-order valence-electron chi connectivity index (χ0n) is 16.9. The summed E-state index contributed by atoms with van der Waals surface area (Å²) in [6.07, 6.45) is 1.66. The molecular weight excluding hydrogens is 401 g/mol. The molecule has 0 atom stereocenters. The van der Waals surface area contributed by atoms with Crippen LogP contribution in [0.2, 0.25) is 0 Å². The van der Waals surface area contributed by atoms with Gasteiger partial charge in [-0.3, -0.25) is 14.4 Å². The second-order valence-corrected chi connectivity index (χ2v) is 6.85. The SMILES string of the molecule is Cc1occc1C(=O)Nc1cc(NC(=O)CCNC(=O)Cc2ccccc2)ccc1F. The molecule has 2 aromatic carbocycles. The van der Waals surface area contributed by atoms with E-state index >= 15 is 0 Å². The van der Waals surface area contributed by atoms with Gasteiger partial charge in [0.2, 0.25) is 11.8 Å². The monoisotopic (exact) mass is 423 g/mol. The molecule has 0 fully saturated rings. The second kappa shape index (κ2) is 10.2. The first-order chi connectivity index (χ1) is 14.9. The minimum Gasteiger partial charge on any atom is -0.469 e. The first-order valence-corrected chi connectivity index (χ1v) is 9.68. The maximum Gasteiger partial charge on any atom is 0.259 e. The van der Waals surface area contributed by atoms with Crippen molar-refractivity contribution in [1.29, 1.82) is 0 Å². The van der Waals surface area contributed by atoms with E-state index in [1.54, 1.807) is 6.92 Å². The van der Waals surface area contributed by atoms with E-state index < -0.39 is 11.7 Å². The van der Waals surface area contributed by atoms with Crippen LogP contribution >= 0.6 is 0 Å². The average Bonchev–Trinajstić information content (AvgIpc) is 3.17. The van der Waals surface area contributed by atoms with Crippen molar-refractivity contribution in [3.63, 3.8) is 0 Å². The molecule has 0 bridgehead atoms. The predicted octanol–water partition coefficient (Wildman–Crippen LogP) is 3.67. The highest BCUT2D eigenvalue weighted by Crippen LogP contribution is 2.21. The molecule has 0 spiro atoms. The lowest BCUT2D eigenvalue weighted by atomic mass is 10.1. The van der Waals surface area contributed by atoms with E-state index in [1.807, 2.05) is 30.3 Å². The van der Waals surface area contributed by atoms with Gasteiger partial charge in [0.25, 0.3) is 5.91 Å². The molecule has 8 heteroatoms. The number of hydrogen-bond donors (Lipinski definition) is 3. The quantitative estimate of drug-likeness (QED) is 0.515. The number of amides is 3. The van der Waals surface area contributed by atoms with Gasteiger partial charge in [0, 0.05) is 18.7 Å². The molecule has 3 N–H and O–H groups in total. The van der Waals surface area contributed by atoms with Crippen molar-refractivity contribution >= 4 is 29.1 Å². The van der Waals surface area contributed by atoms with Crippen molar-refractivity contribution in [2.24, 2.45) is 0 Å². The highest BCUT2D eigenvalue weighted by atomic mass is 19.1. The van der Waals surface area contributed by atoms with Gasteiger partial charge in [0.05, 0.1) is 23.9 Å². The Hall–Kier alpha value is -3.94.